The van der Waals surface area contributed by atoms with E-state index in [2.05, 4.69) is 9.37 Å². The van der Waals surface area contributed by atoms with Crippen LogP contribution in [0.25, 0.3) is 21.1 Å². The van der Waals surface area contributed by atoms with Crippen LogP contribution in [0.1, 0.15) is 18.9 Å². The number of nitrogens with zero attached hydrogens (tertiary/aromatic N) is 3. The van der Waals surface area contributed by atoms with Crippen molar-refractivity contribution in [1.29, 1.82) is 0 Å². The first-order valence-electron chi connectivity index (χ1n) is 8.19. The van der Waals surface area contributed by atoms with Crippen molar-refractivity contribution in [2.45, 2.75) is 18.9 Å². The molecule has 8 heteroatoms. The minimum absolute atomic E-state index is 0.113. The molecule has 0 atom stereocenters. The first kappa shape index (κ1) is 15.3. The number of aromatic nitrogens is 2. The molecule has 0 bridgehead atoms. The summed E-state index contributed by atoms with van der Waals surface area (Å²) in [6, 6.07) is 3.11. The Morgan fingerprint density at radius 3 is 2.88 bits per heavy atom. The van der Waals surface area contributed by atoms with Crippen LogP contribution in [0, 0.1) is 5.82 Å². The van der Waals surface area contributed by atoms with Crippen molar-refractivity contribution in [1.82, 2.24) is 8.94 Å². The predicted molar refractivity (Wildman–Crippen MR) is 102 cm³/mol. The quantitative estimate of drug-likeness (QED) is 0.755. The fraction of sp³-hybridized carbons (Fsp3) is 0.167. The Morgan fingerprint density at radius 1 is 1.23 bits per heavy atom. The van der Waals surface area contributed by atoms with E-state index < -0.39 is 16.8 Å². The molecule has 6 nitrogen and oxygen atoms in total. The van der Waals surface area contributed by atoms with Gasteiger partial charge in [-0.1, -0.05) is 0 Å². The first-order chi connectivity index (χ1) is 12.6. The van der Waals surface area contributed by atoms with E-state index in [0.717, 1.165) is 24.4 Å². The van der Waals surface area contributed by atoms with Gasteiger partial charge in [0.15, 0.2) is 0 Å². The molecule has 0 unspecified atom stereocenters. The number of nitrogens with one attached hydrogen (secondary N) is 1. The second kappa shape index (κ2) is 5.50. The number of aromatic amines is 1. The summed E-state index contributed by atoms with van der Waals surface area (Å²) in [6.45, 7) is 0. The molecular weight excluding hydrogens is 355 g/mol. The van der Waals surface area contributed by atoms with Gasteiger partial charge in [0.05, 0.1) is 17.5 Å². The van der Waals surface area contributed by atoms with Crippen LogP contribution in [-0.2, 0) is 0 Å². The zero-order chi connectivity index (χ0) is 17.8. The topological polar surface area (TPSA) is 70.5 Å². The van der Waals surface area contributed by atoms with Crippen LogP contribution in [0.2, 0.25) is 0 Å². The van der Waals surface area contributed by atoms with Crippen molar-refractivity contribution in [3.63, 3.8) is 0 Å². The number of H-pyrrole nitrogens is 1. The van der Waals surface area contributed by atoms with Crippen LogP contribution in [-0.4, -0.2) is 15.3 Å². The maximum atomic E-state index is 14.8. The Morgan fingerprint density at radius 2 is 2.08 bits per heavy atom. The van der Waals surface area contributed by atoms with Crippen molar-refractivity contribution in [2.75, 3.05) is 4.90 Å². The lowest BCUT2D eigenvalue weighted by Crippen LogP contribution is -2.18. The van der Waals surface area contributed by atoms with Gasteiger partial charge in [0.2, 0.25) is 5.43 Å². The maximum absolute atomic E-state index is 14.8. The van der Waals surface area contributed by atoms with E-state index >= 15 is 0 Å². The monoisotopic (exact) mass is 368 g/mol. The molecule has 1 fully saturated rings. The summed E-state index contributed by atoms with van der Waals surface area (Å²) >= 11 is 1.15. The lowest BCUT2D eigenvalue weighted by molar-refractivity contribution is 0.630. The molecule has 2 aliphatic rings. The molecule has 1 aromatic carbocycles. The van der Waals surface area contributed by atoms with Gasteiger partial charge < -0.3 is 9.47 Å². The van der Waals surface area contributed by atoms with Crippen LogP contribution in [0.5, 0.6) is 0 Å². The van der Waals surface area contributed by atoms with Crippen LogP contribution >= 0.6 is 11.5 Å². The lowest BCUT2D eigenvalue weighted by atomic mass is 10.1. The zero-order valence-electron chi connectivity index (χ0n) is 13.5. The average Bonchev–Trinajstić information content (AvgIpc) is 3.42. The number of allylic oxidation sites excluding steroid dienone is 2. The van der Waals surface area contributed by atoms with Gasteiger partial charge >= 0.3 is 0 Å². The van der Waals surface area contributed by atoms with Crippen LogP contribution in [0.3, 0.4) is 0 Å². The molecule has 0 radical (unpaired) electrons. The van der Waals surface area contributed by atoms with E-state index in [0.29, 0.717) is 16.0 Å². The summed E-state index contributed by atoms with van der Waals surface area (Å²) < 4.78 is 19.4. The molecular formula is C18H13FN4O2S. The maximum Gasteiger partial charge on any atom is 0.271 e. The minimum atomic E-state index is -0.541. The first-order valence-corrected chi connectivity index (χ1v) is 9.00. The van der Waals surface area contributed by atoms with Gasteiger partial charge in [-0.2, -0.15) is 0 Å². The molecule has 3 aromatic rings. The molecule has 2 aromatic heterocycles. The molecule has 130 valence electrons. The van der Waals surface area contributed by atoms with Gasteiger partial charge in [-0.3, -0.25) is 14.0 Å². The van der Waals surface area contributed by atoms with Crippen LogP contribution in [0.4, 0.5) is 10.1 Å². The third-order valence-corrected chi connectivity index (χ3v) is 5.49. The fourth-order valence-electron chi connectivity index (χ4n) is 3.27. The van der Waals surface area contributed by atoms with Crippen LogP contribution in [0.15, 0.2) is 51.3 Å². The normalized spacial score (nSPS) is 16.7. The third-order valence-electron chi connectivity index (χ3n) is 4.61. The summed E-state index contributed by atoms with van der Waals surface area (Å²) in [5.41, 5.74) is 0.0962. The second-order valence-corrected chi connectivity index (χ2v) is 7.11. The molecule has 0 spiro atoms. The Bertz CT molecular complexity index is 1240. The van der Waals surface area contributed by atoms with E-state index in [1.54, 1.807) is 35.5 Å². The number of anilines is 1. The Hall–Kier alpha value is -3.00. The van der Waals surface area contributed by atoms with Crippen molar-refractivity contribution < 1.29 is 4.39 Å². The summed E-state index contributed by atoms with van der Waals surface area (Å²) in [7, 11) is 0. The number of aliphatic imine (C=N–C) groups is 1. The average molecular weight is 368 g/mol. The number of benzene rings is 1. The molecule has 1 aliphatic heterocycles. The van der Waals surface area contributed by atoms with E-state index in [9.17, 15) is 14.0 Å². The Balaban J connectivity index is 1.88. The third kappa shape index (κ3) is 2.19. The van der Waals surface area contributed by atoms with Crippen molar-refractivity contribution in [3.8, 4) is 0 Å². The summed E-state index contributed by atoms with van der Waals surface area (Å²) in [4.78, 5) is 31.1. The van der Waals surface area contributed by atoms with Gasteiger partial charge in [-0.25, -0.2) is 9.38 Å². The van der Waals surface area contributed by atoms with E-state index in [4.69, 9.17) is 0 Å². The number of hydrogen-bond acceptors (Lipinski definition) is 5. The largest absolute Gasteiger partial charge is 0.327 e. The molecule has 5 rings (SSSR count). The van der Waals surface area contributed by atoms with Gasteiger partial charge in [-0.15, -0.1) is 0 Å². The predicted octanol–water partition coefficient (Wildman–Crippen LogP) is 3.25. The Labute approximate surface area is 150 Å². The van der Waals surface area contributed by atoms with Gasteiger partial charge in [0, 0.05) is 23.8 Å². The molecule has 26 heavy (non-hydrogen) atoms. The molecule has 0 amide bonds. The van der Waals surface area contributed by atoms with E-state index in [-0.39, 0.29) is 16.8 Å². The highest BCUT2D eigenvalue weighted by molar-refractivity contribution is 7.12. The van der Waals surface area contributed by atoms with E-state index in [1.807, 2.05) is 4.57 Å². The highest BCUT2D eigenvalue weighted by Crippen LogP contribution is 2.40. The van der Waals surface area contributed by atoms with Crippen molar-refractivity contribution >= 4 is 44.7 Å². The number of fused-ring (bicyclic) bond motifs is 2. The fourth-order valence-corrected chi connectivity index (χ4v) is 4.19. The molecule has 1 N–H and O–H groups in total. The SMILES string of the molecule is O=c1[nH]sc2c1c(=O)c1cc(F)c(N3C=CC=CN=C3)cc1n2C1CC1. The molecule has 1 saturated carbocycles. The van der Waals surface area contributed by atoms with E-state index in [1.165, 1.54) is 12.4 Å². The number of hydrogen-bond donors (Lipinski definition) is 1. The van der Waals surface area contributed by atoms with Crippen molar-refractivity contribution in [2.24, 2.45) is 4.99 Å². The minimum Gasteiger partial charge on any atom is -0.327 e. The van der Waals surface area contributed by atoms with Crippen LogP contribution < -0.4 is 15.9 Å². The van der Waals surface area contributed by atoms with Crippen molar-refractivity contribution in [3.05, 3.63) is 63.1 Å². The summed E-state index contributed by atoms with van der Waals surface area (Å²) in [6.07, 6.45) is 10.3. The standard InChI is InChI=1S/C18H13FN4O2S/c19-12-7-11-13(8-14(12)22-6-2-1-5-20-9-22)23(10-3-4-10)18-15(16(11)24)17(25)21-26-18/h1-2,5-10H,3-4H2,(H,21,25). The number of halogens is 1. The molecule has 1 aliphatic carbocycles. The van der Waals surface area contributed by atoms with Gasteiger partial charge in [0.25, 0.3) is 5.56 Å². The second-order valence-electron chi connectivity index (χ2n) is 6.32. The summed E-state index contributed by atoms with van der Waals surface area (Å²) in [5, 5.41) is 0.338. The smallest absolute Gasteiger partial charge is 0.271 e. The Kier molecular flexibility index (Phi) is 3.23. The summed E-state index contributed by atoms with van der Waals surface area (Å²) in [5.74, 6) is -0.541. The zero-order valence-corrected chi connectivity index (χ0v) is 14.3. The highest BCUT2D eigenvalue weighted by atomic mass is 32.1. The molecule has 3 heterocycles. The number of pyridine rings is 1. The number of rotatable bonds is 2. The lowest BCUT2D eigenvalue weighted by Gasteiger charge is -2.18. The highest BCUT2D eigenvalue weighted by Gasteiger charge is 2.29. The van der Waals surface area contributed by atoms with Gasteiger partial charge in [0.1, 0.15) is 16.0 Å². The molecule has 0 saturated heterocycles. The van der Waals surface area contributed by atoms with Gasteiger partial charge in [-0.05, 0) is 48.7 Å².